The Morgan fingerprint density at radius 1 is 1.10 bits per heavy atom. The molecule has 0 aliphatic carbocycles. The third-order valence-electron chi connectivity index (χ3n) is 2.58. The SMILES string of the molecule is O=C(O)CCCCCS(=O)(=O)Cc1ccc(C(=O)O)o1. The molecule has 0 aromatic carbocycles. The second kappa shape index (κ2) is 7.09. The van der Waals surface area contributed by atoms with Crippen molar-refractivity contribution in [1.82, 2.24) is 0 Å². The largest absolute Gasteiger partial charge is 0.481 e. The van der Waals surface area contributed by atoms with Gasteiger partial charge in [-0.05, 0) is 25.0 Å². The Balaban J connectivity index is 2.40. The molecule has 0 saturated heterocycles. The summed E-state index contributed by atoms with van der Waals surface area (Å²) in [5, 5.41) is 17.1. The molecule has 7 nitrogen and oxygen atoms in total. The summed E-state index contributed by atoms with van der Waals surface area (Å²) in [7, 11) is -3.38. The number of sulfone groups is 1. The van der Waals surface area contributed by atoms with Gasteiger partial charge in [-0.1, -0.05) is 6.42 Å². The van der Waals surface area contributed by atoms with Crippen molar-refractivity contribution in [3.05, 3.63) is 23.7 Å². The van der Waals surface area contributed by atoms with Crippen LogP contribution in [0.25, 0.3) is 0 Å². The molecule has 2 N–H and O–H groups in total. The number of unbranched alkanes of at least 4 members (excludes halogenated alkanes) is 2. The third kappa shape index (κ3) is 5.87. The van der Waals surface area contributed by atoms with Gasteiger partial charge in [0.15, 0.2) is 9.84 Å². The van der Waals surface area contributed by atoms with Gasteiger partial charge in [-0.15, -0.1) is 0 Å². The second-order valence-corrected chi connectivity index (χ2v) is 6.55. The predicted molar refractivity (Wildman–Crippen MR) is 69.3 cm³/mol. The van der Waals surface area contributed by atoms with Crippen LogP contribution in [0.5, 0.6) is 0 Å². The number of aromatic carboxylic acids is 1. The van der Waals surface area contributed by atoms with E-state index in [4.69, 9.17) is 14.6 Å². The van der Waals surface area contributed by atoms with Gasteiger partial charge < -0.3 is 14.6 Å². The van der Waals surface area contributed by atoms with Crippen molar-refractivity contribution in [3.8, 4) is 0 Å². The third-order valence-corrected chi connectivity index (χ3v) is 4.22. The standard InChI is InChI=1S/C12H16O7S/c13-11(14)4-2-1-3-7-20(17,18)8-9-5-6-10(19-9)12(15)16/h5-6H,1-4,7-8H2,(H,13,14)(H,15,16). The molecular formula is C12H16O7S. The Kier molecular flexibility index (Phi) is 5.75. The van der Waals surface area contributed by atoms with Gasteiger partial charge >= 0.3 is 11.9 Å². The molecular weight excluding hydrogens is 288 g/mol. The normalized spacial score (nSPS) is 11.4. The predicted octanol–water partition coefficient (Wildman–Crippen LogP) is 1.54. The Morgan fingerprint density at radius 2 is 1.80 bits per heavy atom. The van der Waals surface area contributed by atoms with Crippen LogP contribution in [0.3, 0.4) is 0 Å². The Hall–Kier alpha value is -1.83. The molecule has 1 aromatic rings. The van der Waals surface area contributed by atoms with Crippen molar-refractivity contribution in [3.63, 3.8) is 0 Å². The van der Waals surface area contributed by atoms with E-state index < -0.39 is 21.8 Å². The van der Waals surface area contributed by atoms with Crippen molar-refractivity contribution in [1.29, 1.82) is 0 Å². The van der Waals surface area contributed by atoms with E-state index in [2.05, 4.69) is 0 Å². The van der Waals surface area contributed by atoms with Crippen LogP contribution in [0.4, 0.5) is 0 Å². The number of furan rings is 1. The van der Waals surface area contributed by atoms with Crippen LogP contribution < -0.4 is 0 Å². The Morgan fingerprint density at radius 3 is 2.35 bits per heavy atom. The van der Waals surface area contributed by atoms with Crippen LogP contribution in [0, 0.1) is 0 Å². The highest BCUT2D eigenvalue weighted by Gasteiger charge is 2.16. The highest BCUT2D eigenvalue weighted by atomic mass is 32.2. The lowest BCUT2D eigenvalue weighted by Gasteiger charge is -2.02. The minimum Gasteiger partial charge on any atom is -0.481 e. The van der Waals surface area contributed by atoms with Crippen LogP contribution in [0.2, 0.25) is 0 Å². The molecule has 0 aliphatic rings. The van der Waals surface area contributed by atoms with E-state index in [9.17, 15) is 18.0 Å². The van der Waals surface area contributed by atoms with E-state index in [-0.39, 0.29) is 29.4 Å². The molecule has 0 saturated carbocycles. The van der Waals surface area contributed by atoms with E-state index in [0.29, 0.717) is 19.3 Å². The summed E-state index contributed by atoms with van der Waals surface area (Å²) in [5.74, 6) is -2.77. The van der Waals surface area contributed by atoms with E-state index in [1.807, 2.05) is 0 Å². The Bertz CT molecular complexity index is 570. The summed E-state index contributed by atoms with van der Waals surface area (Å²) in [4.78, 5) is 20.9. The lowest BCUT2D eigenvalue weighted by atomic mass is 10.2. The molecule has 1 aromatic heterocycles. The number of carboxylic acids is 2. The zero-order chi connectivity index (χ0) is 15.2. The average molecular weight is 304 g/mol. The minimum atomic E-state index is -3.38. The Labute approximate surface area is 116 Å². The summed E-state index contributed by atoms with van der Waals surface area (Å²) in [6, 6.07) is 2.53. The van der Waals surface area contributed by atoms with Crippen molar-refractivity contribution < 1.29 is 32.6 Å². The zero-order valence-corrected chi connectivity index (χ0v) is 11.6. The summed E-state index contributed by atoms with van der Waals surface area (Å²) < 4.78 is 28.4. The number of aliphatic carboxylic acids is 1. The molecule has 0 amide bonds. The maximum absolute atomic E-state index is 11.8. The average Bonchev–Trinajstić information content (AvgIpc) is 2.75. The molecule has 20 heavy (non-hydrogen) atoms. The summed E-state index contributed by atoms with van der Waals surface area (Å²) in [5.41, 5.74) is 0. The molecule has 112 valence electrons. The second-order valence-electron chi connectivity index (χ2n) is 4.37. The van der Waals surface area contributed by atoms with Crippen molar-refractivity contribution >= 4 is 21.8 Å². The van der Waals surface area contributed by atoms with Gasteiger partial charge in [0.2, 0.25) is 5.76 Å². The first-order valence-electron chi connectivity index (χ1n) is 6.04. The van der Waals surface area contributed by atoms with Gasteiger partial charge in [0.25, 0.3) is 0 Å². The quantitative estimate of drug-likeness (QED) is 0.663. The smallest absolute Gasteiger partial charge is 0.371 e. The van der Waals surface area contributed by atoms with E-state index >= 15 is 0 Å². The maximum Gasteiger partial charge on any atom is 0.371 e. The van der Waals surface area contributed by atoms with Crippen LogP contribution in [0.15, 0.2) is 16.5 Å². The number of hydrogen-bond acceptors (Lipinski definition) is 5. The van der Waals surface area contributed by atoms with Crippen LogP contribution in [0.1, 0.15) is 42.0 Å². The molecule has 0 aliphatic heterocycles. The molecule has 0 unspecified atom stereocenters. The number of carbonyl (C=O) groups is 2. The lowest BCUT2D eigenvalue weighted by Crippen LogP contribution is -2.09. The van der Waals surface area contributed by atoms with Gasteiger partial charge in [-0.25, -0.2) is 13.2 Å². The van der Waals surface area contributed by atoms with Gasteiger partial charge in [-0.3, -0.25) is 4.79 Å². The van der Waals surface area contributed by atoms with E-state index in [1.165, 1.54) is 12.1 Å². The summed E-state index contributed by atoms with van der Waals surface area (Å²) in [6.07, 6.45) is 1.36. The molecule has 0 radical (unpaired) electrons. The highest BCUT2D eigenvalue weighted by molar-refractivity contribution is 7.90. The minimum absolute atomic E-state index is 0.0280. The van der Waals surface area contributed by atoms with Crippen molar-refractivity contribution in [2.75, 3.05) is 5.75 Å². The fourth-order valence-corrected chi connectivity index (χ4v) is 3.01. The molecule has 8 heteroatoms. The fourth-order valence-electron chi connectivity index (χ4n) is 1.63. The highest BCUT2D eigenvalue weighted by Crippen LogP contribution is 2.13. The van der Waals surface area contributed by atoms with Crippen LogP contribution in [-0.2, 0) is 20.4 Å². The summed E-state index contributed by atoms with van der Waals surface area (Å²) >= 11 is 0. The number of rotatable bonds is 9. The van der Waals surface area contributed by atoms with Gasteiger partial charge in [0.1, 0.15) is 11.5 Å². The fraction of sp³-hybridized carbons (Fsp3) is 0.500. The molecule has 0 fully saturated rings. The molecule has 1 heterocycles. The van der Waals surface area contributed by atoms with Gasteiger partial charge in [-0.2, -0.15) is 0 Å². The number of hydrogen-bond donors (Lipinski definition) is 2. The van der Waals surface area contributed by atoms with Gasteiger partial charge in [0.05, 0.1) is 5.75 Å². The summed E-state index contributed by atoms with van der Waals surface area (Å²) in [6.45, 7) is 0. The van der Waals surface area contributed by atoms with E-state index in [1.54, 1.807) is 0 Å². The van der Waals surface area contributed by atoms with Crippen LogP contribution in [-0.4, -0.2) is 36.3 Å². The first-order chi connectivity index (χ1) is 9.30. The number of carboxylic acid groups (broad SMARTS) is 2. The van der Waals surface area contributed by atoms with Crippen molar-refractivity contribution in [2.24, 2.45) is 0 Å². The van der Waals surface area contributed by atoms with E-state index in [0.717, 1.165) is 0 Å². The van der Waals surface area contributed by atoms with Crippen LogP contribution >= 0.6 is 0 Å². The molecule has 0 spiro atoms. The zero-order valence-electron chi connectivity index (χ0n) is 10.7. The molecule has 0 bridgehead atoms. The lowest BCUT2D eigenvalue weighted by molar-refractivity contribution is -0.137. The first kappa shape index (κ1) is 16.2. The van der Waals surface area contributed by atoms with Gasteiger partial charge in [0, 0.05) is 6.42 Å². The van der Waals surface area contributed by atoms with Crippen molar-refractivity contribution in [2.45, 2.75) is 31.4 Å². The topological polar surface area (TPSA) is 122 Å². The maximum atomic E-state index is 11.8. The monoisotopic (exact) mass is 304 g/mol. The molecule has 0 atom stereocenters. The first-order valence-corrected chi connectivity index (χ1v) is 7.86. The molecule has 1 rings (SSSR count).